The van der Waals surface area contributed by atoms with Crippen LogP contribution in [0.1, 0.15) is 6.42 Å². The lowest BCUT2D eigenvalue weighted by Gasteiger charge is -2.38. The summed E-state index contributed by atoms with van der Waals surface area (Å²) < 4.78 is 50.5. The first-order valence-corrected chi connectivity index (χ1v) is 20.2. The molecule has 9 atom stereocenters. The Hall–Kier alpha value is -2.34. The largest absolute Gasteiger partial charge is 0.460 e. The van der Waals surface area contributed by atoms with Gasteiger partial charge in [0.15, 0.2) is 12.4 Å². The van der Waals surface area contributed by atoms with Crippen LogP contribution in [0.25, 0.3) is 0 Å². The van der Waals surface area contributed by atoms with E-state index in [1.165, 1.54) is 0 Å². The second kappa shape index (κ2) is 34.1. The highest BCUT2D eigenvalue weighted by atomic mass is 16.7. The van der Waals surface area contributed by atoms with Crippen molar-refractivity contribution in [1.29, 1.82) is 0 Å². The number of hydrogen-bond acceptors (Lipinski definition) is 21. The van der Waals surface area contributed by atoms with Gasteiger partial charge in [-0.05, 0) is 0 Å². The maximum atomic E-state index is 11.6. The van der Waals surface area contributed by atoms with Gasteiger partial charge >= 0.3 is 11.9 Å². The van der Waals surface area contributed by atoms with Crippen LogP contribution in [-0.4, -0.2) is 263 Å². The van der Waals surface area contributed by atoms with Crippen LogP contribution in [-0.2, 0) is 52.2 Å². The number of carbonyl (C=O) groups is 2. The Bertz CT molecular complexity index is 1150. The molecule has 1 aliphatic heterocycles. The molecule has 1 saturated heterocycles. The highest BCUT2D eigenvalue weighted by molar-refractivity contribution is 5.81. The summed E-state index contributed by atoms with van der Waals surface area (Å²) in [5.41, 5.74) is -1.61. The molecule has 0 aromatic heterocycles. The molecule has 0 amide bonds. The van der Waals surface area contributed by atoms with Crippen molar-refractivity contribution >= 4 is 11.9 Å². The molecule has 12 N–H and O–H groups in total. The molecule has 0 aromatic rings. The number of aliphatic hydroxyl groups is 10. The van der Waals surface area contributed by atoms with Gasteiger partial charge in [-0.15, -0.1) is 0 Å². The van der Waals surface area contributed by atoms with E-state index in [1.807, 2.05) is 0 Å². The summed E-state index contributed by atoms with van der Waals surface area (Å²) in [6.45, 7) is 3.20. The van der Waals surface area contributed by atoms with Gasteiger partial charge in [0, 0.05) is 18.6 Å². The van der Waals surface area contributed by atoms with Gasteiger partial charge in [-0.3, -0.25) is 0 Å². The second-order valence-corrected chi connectivity index (χ2v) is 14.6. The third-order valence-electron chi connectivity index (χ3n) is 8.95. The van der Waals surface area contributed by atoms with E-state index in [0.717, 1.165) is 17.1 Å². The SMILES string of the molecule is C=CC(=O)OCC(O)COC(COCC(O)C[NH+](CCO)CCO)COCC(O)CC1(OCC(O)COC(=O)C=C)COCC(O)COC(C(O)C[NH+](CCO)CCO)OC1. The predicted octanol–water partition coefficient (Wildman–Crippen LogP) is -8.70. The zero-order valence-electron chi connectivity index (χ0n) is 34.9. The fourth-order valence-corrected chi connectivity index (χ4v) is 5.91. The van der Waals surface area contributed by atoms with Crippen molar-refractivity contribution in [2.75, 3.05) is 145 Å². The molecule has 9 unspecified atom stereocenters. The normalized spacial score (nSPS) is 21.9. The van der Waals surface area contributed by atoms with Gasteiger partial charge in [0.1, 0.15) is 88.6 Å². The third-order valence-corrected chi connectivity index (χ3v) is 8.95. The Morgan fingerprint density at radius 3 is 1.72 bits per heavy atom. The van der Waals surface area contributed by atoms with Crippen molar-refractivity contribution in [2.24, 2.45) is 0 Å². The summed E-state index contributed by atoms with van der Waals surface area (Å²) in [6.07, 6.45) is -8.12. The van der Waals surface area contributed by atoms with E-state index in [9.17, 15) is 60.7 Å². The number of aliphatic hydroxyl groups excluding tert-OH is 10. The molecule has 0 bridgehead atoms. The van der Waals surface area contributed by atoms with Gasteiger partial charge < -0.3 is 103 Å². The molecule has 0 radical (unpaired) electrons. The maximum Gasteiger partial charge on any atom is 0.330 e. The molecular weight excluding hydrogens is 820 g/mol. The molecule has 61 heavy (non-hydrogen) atoms. The quantitative estimate of drug-likeness (QED) is 0.0208. The lowest BCUT2D eigenvalue weighted by molar-refractivity contribution is -0.904. The highest BCUT2D eigenvalue weighted by Gasteiger charge is 2.39. The fraction of sp³-hybridized carbons (Fsp3) is 0.842. The molecule has 1 rings (SSSR count). The lowest BCUT2D eigenvalue weighted by Crippen LogP contribution is -3.14. The van der Waals surface area contributed by atoms with Crippen LogP contribution in [0.15, 0.2) is 25.3 Å². The van der Waals surface area contributed by atoms with Gasteiger partial charge in [-0.1, -0.05) is 13.2 Å². The van der Waals surface area contributed by atoms with Crippen molar-refractivity contribution < 1.29 is 113 Å². The molecule has 23 heteroatoms. The smallest absolute Gasteiger partial charge is 0.330 e. The predicted molar refractivity (Wildman–Crippen MR) is 209 cm³/mol. The summed E-state index contributed by atoms with van der Waals surface area (Å²) in [6, 6.07) is 0. The first-order valence-electron chi connectivity index (χ1n) is 20.2. The Labute approximate surface area is 356 Å². The Kier molecular flexibility index (Phi) is 31.7. The second-order valence-electron chi connectivity index (χ2n) is 14.6. The van der Waals surface area contributed by atoms with E-state index in [0.29, 0.717) is 18.0 Å². The molecule has 0 saturated carbocycles. The summed E-state index contributed by atoms with van der Waals surface area (Å²) in [4.78, 5) is 24.4. The van der Waals surface area contributed by atoms with Crippen LogP contribution < -0.4 is 9.80 Å². The molecule has 1 fully saturated rings. The molecule has 0 aromatic carbocycles. The van der Waals surface area contributed by atoms with Gasteiger partial charge in [0.25, 0.3) is 0 Å². The van der Waals surface area contributed by atoms with E-state index in [2.05, 4.69) is 13.2 Å². The summed E-state index contributed by atoms with van der Waals surface area (Å²) in [5, 5.41) is 102. The minimum Gasteiger partial charge on any atom is -0.460 e. The molecule has 358 valence electrons. The van der Waals surface area contributed by atoms with Gasteiger partial charge in [-0.2, -0.15) is 0 Å². The highest BCUT2D eigenvalue weighted by Crippen LogP contribution is 2.24. The van der Waals surface area contributed by atoms with Crippen molar-refractivity contribution in [2.45, 2.75) is 61.0 Å². The van der Waals surface area contributed by atoms with Gasteiger partial charge in [0.05, 0.1) is 98.6 Å². The number of ether oxygens (including phenoxy) is 9. The van der Waals surface area contributed by atoms with E-state index in [1.54, 1.807) is 0 Å². The Morgan fingerprint density at radius 1 is 0.656 bits per heavy atom. The first kappa shape index (κ1) is 56.7. The zero-order valence-corrected chi connectivity index (χ0v) is 34.9. The summed E-state index contributed by atoms with van der Waals surface area (Å²) >= 11 is 0. The standard InChI is InChI=1S/C38H70N2O21/c1-3-35(51)57-20-31(48)19-56-33(25-54-17-29(46)14-39(5-9-41)6-10-42)24-53-16-28(45)13-38(61-23-32(49)21-58-36(52)4-2)26-55-18-30(47)22-59-37(60-27-38)34(50)15-40(7-11-43)8-12-44/h3-4,28-34,37,41-50H,1-2,5-27H2/p+2. The number of hydrogen-bond donors (Lipinski definition) is 12. The van der Waals surface area contributed by atoms with Gasteiger partial charge in [0.2, 0.25) is 0 Å². The van der Waals surface area contributed by atoms with Crippen molar-refractivity contribution in [3.05, 3.63) is 25.3 Å². The number of nitrogens with one attached hydrogen (secondary N) is 2. The van der Waals surface area contributed by atoms with Crippen LogP contribution in [0.3, 0.4) is 0 Å². The van der Waals surface area contributed by atoms with E-state index < -0.39 is 93.0 Å². The van der Waals surface area contributed by atoms with Gasteiger partial charge in [-0.25, -0.2) is 9.59 Å². The average Bonchev–Trinajstić information content (AvgIpc) is 3.22. The van der Waals surface area contributed by atoms with E-state index in [4.69, 9.17) is 42.6 Å². The minimum absolute atomic E-state index is 0.0219. The topological polar surface area (TPSA) is 328 Å². The Morgan fingerprint density at radius 2 is 1.18 bits per heavy atom. The molecule has 1 aliphatic rings. The molecule has 0 aliphatic carbocycles. The lowest BCUT2D eigenvalue weighted by atomic mass is 9.97. The van der Waals surface area contributed by atoms with Crippen molar-refractivity contribution in [3.63, 3.8) is 0 Å². The summed E-state index contributed by atoms with van der Waals surface area (Å²) in [5.74, 6) is -1.53. The Balaban J connectivity index is 3.16. The van der Waals surface area contributed by atoms with Crippen molar-refractivity contribution in [3.8, 4) is 0 Å². The van der Waals surface area contributed by atoms with Crippen LogP contribution in [0.4, 0.5) is 0 Å². The first-order chi connectivity index (χ1) is 29.2. The van der Waals surface area contributed by atoms with Crippen LogP contribution in [0.5, 0.6) is 0 Å². The maximum absolute atomic E-state index is 11.6. The molecule has 23 nitrogen and oxygen atoms in total. The number of quaternary nitrogens is 2. The molecular formula is C38H72N2O21+2. The molecule has 1 heterocycles. The van der Waals surface area contributed by atoms with Crippen molar-refractivity contribution in [1.82, 2.24) is 0 Å². The number of carbonyl (C=O) groups excluding carboxylic acids is 2. The number of rotatable bonds is 35. The fourth-order valence-electron chi connectivity index (χ4n) is 5.91. The third kappa shape index (κ3) is 26.8. The minimum atomic E-state index is -1.61. The van der Waals surface area contributed by atoms with E-state index in [-0.39, 0.29) is 112 Å². The summed E-state index contributed by atoms with van der Waals surface area (Å²) in [7, 11) is 0. The number of esters is 2. The van der Waals surface area contributed by atoms with Crippen LogP contribution >= 0.6 is 0 Å². The van der Waals surface area contributed by atoms with Crippen LogP contribution in [0, 0.1) is 0 Å². The van der Waals surface area contributed by atoms with Crippen LogP contribution in [0.2, 0.25) is 0 Å². The zero-order chi connectivity index (χ0) is 45.5. The van der Waals surface area contributed by atoms with E-state index >= 15 is 0 Å². The average molecular weight is 893 g/mol. The monoisotopic (exact) mass is 892 g/mol. The molecule has 0 spiro atoms.